The van der Waals surface area contributed by atoms with E-state index in [0.717, 1.165) is 10.0 Å². The van der Waals surface area contributed by atoms with Gasteiger partial charge in [-0.2, -0.15) is 0 Å². The van der Waals surface area contributed by atoms with Crippen LogP contribution >= 0.6 is 15.9 Å². The van der Waals surface area contributed by atoms with Gasteiger partial charge in [0.05, 0.1) is 13.0 Å². The molecule has 0 aromatic heterocycles. The van der Waals surface area contributed by atoms with Crippen LogP contribution in [0.4, 0.5) is 0 Å². The third-order valence-corrected chi connectivity index (χ3v) is 2.96. The average Bonchev–Trinajstić information content (AvgIpc) is 2.27. The topological polar surface area (TPSA) is 26.3 Å². The summed E-state index contributed by atoms with van der Waals surface area (Å²) >= 11 is 3.44. The van der Waals surface area contributed by atoms with Gasteiger partial charge in [0, 0.05) is 4.47 Å². The van der Waals surface area contributed by atoms with E-state index in [0.29, 0.717) is 6.42 Å². The van der Waals surface area contributed by atoms with Crippen molar-refractivity contribution >= 4 is 21.9 Å². The number of esters is 1. The Bertz CT molecular complexity index is 360. The number of carbonyl (C=O) groups is 1. The van der Waals surface area contributed by atoms with Crippen molar-refractivity contribution in [2.24, 2.45) is 5.92 Å². The molecule has 3 heteroatoms. The zero-order chi connectivity index (χ0) is 11.3. The summed E-state index contributed by atoms with van der Waals surface area (Å²) in [6, 6.07) is 7.81. The van der Waals surface area contributed by atoms with Crippen molar-refractivity contribution in [3.05, 3.63) is 47.0 Å². The Morgan fingerprint density at radius 3 is 2.80 bits per heavy atom. The molecule has 0 bridgehead atoms. The molecule has 1 unspecified atom stereocenters. The highest BCUT2D eigenvalue weighted by Gasteiger charge is 2.16. The minimum Gasteiger partial charge on any atom is -0.469 e. The summed E-state index contributed by atoms with van der Waals surface area (Å²) < 4.78 is 5.69. The Morgan fingerprint density at radius 2 is 2.27 bits per heavy atom. The molecule has 0 aliphatic heterocycles. The van der Waals surface area contributed by atoms with Gasteiger partial charge >= 0.3 is 5.97 Å². The van der Waals surface area contributed by atoms with Gasteiger partial charge in [-0.05, 0) is 18.1 Å². The van der Waals surface area contributed by atoms with Gasteiger partial charge in [0.1, 0.15) is 0 Å². The van der Waals surface area contributed by atoms with Crippen molar-refractivity contribution in [2.45, 2.75) is 6.42 Å². The molecule has 0 heterocycles. The third-order valence-electron chi connectivity index (χ3n) is 2.19. The number of benzene rings is 1. The molecule has 2 nitrogen and oxygen atoms in total. The van der Waals surface area contributed by atoms with Gasteiger partial charge < -0.3 is 4.74 Å². The van der Waals surface area contributed by atoms with Crippen molar-refractivity contribution in [1.82, 2.24) is 0 Å². The molecule has 0 N–H and O–H groups in total. The van der Waals surface area contributed by atoms with Crippen molar-refractivity contribution in [3.8, 4) is 0 Å². The van der Waals surface area contributed by atoms with Crippen LogP contribution in [0.15, 0.2) is 41.4 Å². The highest BCUT2D eigenvalue weighted by Crippen LogP contribution is 2.20. The van der Waals surface area contributed by atoms with E-state index in [4.69, 9.17) is 0 Å². The zero-order valence-corrected chi connectivity index (χ0v) is 10.2. The molecular formula is C12H13BrO2. The first kappa shape index (κ1) is 12.0. The maximum absolute atomic E-state index is 11.3. The van der Waals surface area contributed by atoms with Gasteiger partial charge in [0.25, 0.3) is 0 Å². The fourth-order valence-corrected chi connectivity index (χ4v) is 1.76. The van der Waals surface area contributed by atoms with Gasteiger partial charge in [0.15, 0.2) is 0 Å². The summed E-state index contributed by atoms with van der Waals surface area (Å²) in [6.07, 6.45) is 2.23. The van der Waals surface area contributed by atoms with E-state index >= 15 is 0 Å². The molecule has 0 saturated heterocycles. The number of rotatable bonds is 4. The summed E-state index contributed by atoms with van der Waals surface area (Å²) in [5.41, 5.74) is 1.08. The van der Waals surface area contributed by atoms with Gasteiger partial charge in [-0.3, -0.25) is 4.79 Å². The number of ether oxygens (including phenoxy) is 1. The number of carbonyl (C=O) groups excluding carboxylic acids is 1. The van der Waals surface area contributed by atoms with Crippen molar-refractivity contribution < 1.29 is 9.53 Å². The van der Waals surface area contributed by atoms with Crippen molar-refractivity contribution in [2.75, 3.05) is 7.11 Å². The first-order valence-electron chi connectivity index (χ1n) is 4.62. The smallest absolute Gasteiger partial charge is 0.312 e. The molecule has 0 aliphatic rings. The van der Waals surface area contributed by atoms with Gasteiger partial charge in [-0.25, -0.2) is 0 Å². The molecule has 1 aromatic rings. The second-order valence-electron chi connectivity index (χ2n) is 3.16. The summed E-state index contributed by atoms with van der Waals surface area (Å²) in [5.74, 6) is -0.533. The van der Waals surface area contributed by atoms with Crippen LogP contribution in [-0.2, 0) is 16.0 Å². The normalized spacial score (nSPS) is 11.9. The van der Waals surface area contributed by atoms with Crippen LogP contribution in [0.3, 0.4) is 0 Å². The molecule has 0 radical (unpaired) electrons. The molecule has 0 amide bonds. The lowest BCUT2D eigenvalue weighted by molar-refractivity contribution is -0.143. The van der Waals surface area contributed by atoms with E-state index in [1.54, 1.807) is 6.08 Å². The zero-order valence-electron chi connectivity index (χ0n) is 8.57. The summed E-state index contributed by atoms with van der Waals surface area (Å²) in [7, 11) is 1.39. The summed E-state index contributed by atoms with van der Waals surface area (Å²) in [4.78, 5) is 11.3. The molecule has 15 heavy (non-hydrogen) atoms. The Balaban J connectivity index is 2.80. The Kier molecular flexibility index (Phi) is 4.56. The van der Waals surface area contributed by atoms with Gasteiger partial charge in [0.2, 0.25) is 0 Å². The van der Waals surface area contributed by atoms with E-state index in [1.165, 1.54) is 7.11 Å². The van der Waals surface area contributed by atoms with Crippen LogP contribution in [0.5, 0.6) is 0 Å². The van der Waals surface area contributed by atoms with E-state index in [2.05, 4.69) is 27.2 Å². The number of methoxy groups -OCH3 is 1. The molecule has 0 fully saturated rings. The average molecular weight is 269 g/mol. The van der Waals surface area contributed by atoms with Gasteiger partial charge in [-0.1, -0.05) is 40.2 Å². The van der Waals surface area contributed by atoms with Crippen LogP contribution < -0.4 is 0 Å². The monoisotopic (exact) mass is 268 g/mol. The molecule has 0 spiro atoms. The highest BCUT2D eigenvalue weighted by molar-refractivity contribution is 9.10. The summed E-state index contributed by atoms with van der Waals surface area (Å²) in [5, 5.41) is 0. The first-order valence-corrected chi connectivity index (χ1v) is 5.42. The van der Waals surface area contributed by atoms with Gasteiger partial charge in [-0.15, -0.1) is 6.58 Å². The van der Waals surface area contributed by atoms with Crippen molar-refractivity contribution in [1.29, 1.82) is 0 Å². The van der Waals surface area contributed by atoms with Crippen LogP contribution in [0.1, 0.15) is 5.56 Å². The molecule has 1 rings (SSSR count). The van der Waals surface area contributed by atoms with Crippen LogP contribution in [0.25, 0.3) is 0 Å². The fraction of sp³-hybridized carbons (Fsp3) is 0.250. The molecule has 80 valence electrons. The molecule has 0 saturated carbocycles. The lowest BCUT2D eigenvalue weighted by atomic mass is 10.00. The third kappa shape index (κ3) is 3.20. The Hall–Kier alpha value is -1.09. The van der Waals surface area contributed by atoms with Crippen molar-refractivity contribution in [3.63, 3.8) is 0 Å². The van der Waals surface area contributed by atoms with E-state index in [1.807, 2.05) is 24.3 Å². The number of hydrogen-bond donors (Lipinski definition) is 0. The Labute approximate surface area is 98.1 Å². The Morgan fingerprint density at radius 1 is 1.60 bits per heavy atom. The fourth-order valence-electron chi connectivity index (χ4n) is 1.32. The summed E-state index contributed by atoms with van der Waals surface area (Å²) in [6.45, 7) is 3.64. The standard InChI is InChI=1S/C12H13BrO2/c1-3-9(12(14)15-2)8-10-6-4-5-7-11(10)13/h3-7,9H,1,8H2,2H3. The number of hydrogen-bond acceptors (Lipinski definition) is 2. The molecule has 1 aromatic carbocycles. The molecule has 1 atom stereocenters. The van der Waals surface area contributed by atoms with Crippen LogP contribution in [-0.4, -0.2) is 13.1 Å². The number of halogens is 1. The van der Waals surface area contributed by atoms with Crippen LogP contribution in [0.2, 0.25) is 0 Å². The minimum absolute atomic E-state index is 0.249. The SMILES string of the molecule is C=CC(Cc1ccccc1Br)C(=O)OC. The van der Waals surface area contributed by atoms with E-state index < -0.39 is 0 Å². The lowest BCUT2D eigenvalue weighted by Gasteiger charge is -2.10. The quantitative estimate of drug-likeness (QED) is 0.620. The predicted octanol–water partition coefficient (Wildman–Crippen LogP) is 2.97. The van der Waals surface area contributed by atoms with E-state index in [9.17, 15) is 4.79 Å². The second-order valence-corrected chi connectivity index (χ2v) is 4.02. The first-order chi connectivity index (χ1) is 7.19. The highest BCUT2D eigenvalue weighted by atomic mass is 79.9. The maximum Gasteiger partial charge on any atom is 0.312 e. The lowest BCUT2D eigenvalue weighted by Crippen LogP contribution is -2.16. The molecule has 0 aliphatic carbocycles. The molecular weight excluding hydrogens is 256 g/mol. The minimum atomic E-state index is -0.284. The van der Waals surface area contributed by atoms with Crippen LogP contribution in [0, 0.1) is 5.92 Å². The largest absolute Gasteiger partial charge is 0.469 e. The second kappa shape index (κ2) is 5.71. The maximum atomic E-state index is 11.3. The van der Waals surface area contributed by atoms with E-state index in [-0.39, 0.29) is 11.9 Å². The predicted molar refractivity (Wildman–Crippen MR) is 63.5 cm³/mol.